The van der Waals surface area contributed by atoms with E-state index in [2.05, 4.69) is 10.4 Å². The predicted molar refractivity (Wildman–Crippen MR) is 101 cm³/mol. The van der Waals surface area contributed by atoms with Crippen molar-refractivity contribution in [2.75, 3.05) is 6.54 Å². The molecule has 0 fully saturated rings. The molecule has 0 spiro atoms. The van der Waals surface area contributed by atoms with Crippen molar-refractivity contribution in [2.24, 2.45) is 0 Å². The molecule has 2 aromatic carbocycles. The van der Waals surface area contributed by atoms with Crippen molar-refractivity contribution in [3.8, 4) is 5.69 Å². The van der Waals surface area contributed by atoms with Crippen molar-refractivity contribution in [1.29, 1.82) is 0 Å². The molecule has 0 unspecified atom stereocenters. The Hall–Kier alpha value is -2.92. The molecule has 1 aromatic heterocycles. The number of carbonyl (C=O) groups excluding carboxylic acids is 1. The summed E-state index contributed by atoms with van der Waals surface area (Å²) in [7, 11) is 0. The van der Waals surface area contributed by atoms with Crippen LogP contribution in [0.3, 0.4) is 0 Å². The van der Waals surface area contributed by atoms with Gasteiger partial charge in [0.15, 0.2) is 0 Å². The van der Waals surface area contributed by atoms with Crippen molar-refractivity contribution < 1.29 is 9.90 Å². The number of nitrogens with zero attached hydrogens (tertiary/aromatic N) is 2. The predicted octanol–water partition coefficient (Wildman–Crippen LogP) is 2.95. The summed E-state index contributed by atoms with van der Waals surface area (Å²) >= 11 is 0. The third kappa shape index (κ3) is 4.18. The molecule has 134 valence electrons. The van der Waals surface area contributed by atoms with Crippen LogP contribution in [0.15, 0.2) is 54.6 Å². The summed E-state index contributed by atoms with van der Waals surface area (Å²) in [6.45, 7) is 4.58. The van der Waals surface area contributed by atoms with Gasteiger partial charge in [0.25, 0.3) is 5.91 Å². The average molecular weight is 349 g/mol. The molecule has 0 saturated heterocycles. The number of benzene rings is 2. The van der Waals surface area contributed by atoms with Crippen molar-refractivity contribution in [3.63, 3.8) is 0 Å². The molecule has 0 bridgehead atoms. The van der Waals surface area contributed by atoms with Crippen LogP contribution < -0.4 is 5.32 Å². The highest BCUT2D eigenvalue weighted by molar-refractivity contribution is 5.94. The number of hydrogen-bond donors (Lipinski definition) is 2. The number of rotatable bonds is 6. The fraction of sp³-hybridized carbons (Fsp3) is 0.238. The molecule has 0 atom stereocenters. The van der Waals surface area contributed by atoms with E-state index in [1.807, 2.05) is 73.1 Å². The molecule has 0 aliphatic heterocycles. The smallest absolute Gasteiger partial charge is 0.251 e. The first-order chi connectivity index (χ1) is 12.6. The van der Waals surface area contributed by atoms with Gasteiger partial charge >= 0.3 is 0 Å². The third-order valence-corrected chi connectivity index (χ3v) is 4.29. The van der Waals surface area contributed by atoms with E-state index in [1.165, 1.54) is 0 Å². The Balaban J connectivity index is 1.57. The molecule has 0 saturated carbocycles. The topological polar surface area (TPSA) is 67.2 Å². The molecule has 3 rings (SSSR count). The van der Waals surface area contributed by atoms with Crippen LogP contribution in [0.4, 0.5) is 0 Å². The molecule has 5 nitrogen and oxygen atoms in total. The maximum Gasteiger partial charge on any atom is 0.251 e. The zero-order chi connectivity index (χ0) is 18.5. The van der Waals surface area contributed by atoms with Crippen LogP contribution in [0.5, 0.6) is 0 Å². The SMILES string of the molecule is Cc1cc(C)n(-c2ccc(C(=O)NCCc3ccc(CO)cc3)cc2)n1. The zero-order valence-corrected chi connectivity index (χ0v) is 15.1. The Morgan fingerprint density at radius 1 is 1.04 bits per heavy atom. The number of aryl methyl sites for hydroxylation is 2. The van der Waals surface area contributed by atoms with Crippen LogP contribution in [-0.4, -0.2) is 27.3 Å². The zero-order valence-electron chi connectivity index (χ0n) is 15.1. The molecular formula is C21H23N3O2. The monoisotopic (exact) mass is 349 g/mol. The van der Waals surface area contributed by atoms with Crippen molar-refractivity contribution in [2.45, 2.75) is 26.9 Å². The highest BCUT2D eigenvalue weighted by atomic mass is 16.3. The Labute approximate surface area is 153 Å². The Bertz CT molecular complexity index is 881. The maximum absolute atomic E-state index is 12.3. The van der Waals surface area contributed by atoms with Gasteiger partial charge in [0.05, 0.1) is 18.0 Å². The number of amides is 1. The lowest BCUT2D eigenvalue weighted by Gasteiger charge is -2.08. The summed E-state index contributed by atoms with van der Waals surface area (Å²) in [5, 5.41) is 16.4. The van der Waals surface area contributed by atoms with Gasteiger partial charge < -0.3 is 10.4 Å². The summed E-state index contributed by atoms with van der Waals surface area (Å²) in [5.74, 6) is -0.0862. The summed E-state index contributed by atoms with van der Waals surface area (Å²) in [5.41, 5.74) is 5.62. The van der Waals surface area contributed by atoms with E-state index in [0.717, 1.165) is 34.6 Å². The van der Waals surface area contributed by atoms with Gasteiger partial charge in [-0.25, -0.2) is 4.68 Å². The van der Waals surface area contributed by atoms with E-state index >= 15 is 0 Å². The number of hydrogen-bond acceptors (Lipinski definition) is 3. The molecule has 1 heterocycles. The maximum atomic E-state index is 12.3. The third-order valence-electron chi connectivity index (χ3n) is 4.29. The largest absolute Gasteiger partial charge is 0.392 e. The lowest BCUT2D eigenvalue weighted by Crippen LogP contribution is -2.25. The van der Waals surface area contributed by atoms with Crippen LogP contribution >= 0.6 is 0 Å². The van der Waals surface area contributed by atoms with Crippen LogP contribution in [0.1, 0.15) is 32.9 Å². The fourth-order valence-corrected chi connectivity index (χ4v) is 2.88. The minimum absolute atomic E-state index is 0.0463. The normalized spacial score (nSPS) is 10.7. The first-order valence-electron chi connectivity index (χ1n) is 8.67. The van der Waals surface area contributed by atoms with Gasteiger partial charge in [-0.3, -0.25) is 4.79 Å². The van der Waals surface area contributed by atoms with E-state index in [0.29, 0.717) is 12.1 Å². The molecule has 3 aromatic rings. The number of aromatic nitrogens is 2. The van der Waals surface area contributed by atoms with Crippen molar-refractivity contribution in [3.05, 3.63) is 82.7 Å². The minimum atomic E-state index is -0.0862. The molecule has 5 heteroatoms. The van der Waals surface area contributed by atoms with Gasteiger partial charge in [-0.05, 0) is 61.7 Å². The number of aliphatic hydroxyl groups is 1. The molecule has 0 aliphatic rings. The Morgan fingerprint density at radius 2 is 1.69 bits per heavy atom. The van der Waals surface area contributed by atoms with Gasteiger partial charge in [0, 0.05) is 17.8 Å². The van der Waals surface area contributed by atoms with E-state index in [4.69, 9.17) is 5.11 Å². The lowest BCUT2D eigenvalue weighted by atomic mass is 10.1. The molecule has 26 heavy (non-hydrogen) atoms. The summed E-state index contributed by atoms with van der Waals surface area (Å²) < 4.78 is 1.87. The Kier molecular flexibility index (Phi) is 5.49. The second-order valence-electron chi connectivity index (χ2n) is 6.37. The summed E-state index contributed by atoms with van der Waals surface area (Å²) in [6.07, 6.45) is 0.751. The lowest BCUT2D eigenvalue weighted by molar-refractivity contribution is 0.0954. The quantitative estimate of drug-likeness (QED) is 0.719. The van der Waals surface area contributed by atoms with Crippen molar-refractivity contribution in [1.82, 2.24) is 15.1 Å². The van der Waals surface area contributed by atoms with E-state index in [9.17, 15) is 4.79 Å². The first-order valence-corrected chi connectivity index (χ1v) is 8.67. The van der Waals surface area contributed by atoms with Gasteiger partial charge in [0.1, 0.15) is 0 Å². The minimum Gasteiger partial charge on any atom is -0.392 e. The van der Waals surface area contributed by atoms with Gasteiger partial charge in [0.2, 0.25) is 0 Å². The van der Waals surface area contributed by atoms with Crippen LogP contribution in [0.25, 0.3) is 5.69 Å². The fourth-order valence-electron chi connectivity index (χ4n) is 2.88. The Morgan fingerprint density at radius 3 is 2.27 bits per heavy atom. The van der Waals surface area contributed by atoms with E-state index in [-0.39, 0.29) is 12.5 Å². The number of nitrogens with one attached hydrogen (secondary N) is 1. The van der Waals surface area contributed by atoms with Gasteiger partial charge in [-0.15, -0.1) is 0 Å². The highest BCUT2D eigenvalue weighted by Crippen LogP contribution is 2.13. The second-order valence-corrected chi connectivity index (χ2v) is 6.37. The van der Waals surface area contributed by atoms with E-state index in [1.54, 1.807) is 0 Å². The molecular weight excluding hydrogens is 326 g/mol. The van der Waals surface area contributed by atoms with E-state index < -0.39 is 0 Å². The molecule has 2 N–H and O–H groups in total. The summed E-state index contributed by atoms with van der Waals surface area (Å²) in [4.78, 5) is 12.3. The van der Waals surface area contributed by atoms with Crippen LogP contribution in [-0.2, 0) is 13.0 Å². The van der Waals surface area contributed by atoms with Crippen LogP contribution in [0, 0.1) is 13.8 Å². The molecule has 1 amide bonds. The first kappa shape index (κ1) is 17.9. The molecule has 0 aliphatic carbocycles. The molecule has 0 radical (unpaired) electrons. The van der Waals surface area contributed by atoms with Gasteiger partial charge in [-0.1, -0.05) is 24.3 Å². The highest BCUT2D eigenvalue weighted by Gasteiger charge is 2.07. The number of aliphatic hydroxyl groups excluding tert-OH is 1. The summed E-state index contributed by atoms with van der Waals surface area (Å²) in [6, 6.07) is 17.2. The average Bonchev–Trinajstić information content (AvgIpc) is 3.00. The van der Waals surface area contributed by atoms with Gasteiger partial charge in [-0.2, -0.15) is 5.10 Å². The van der Waals surface area contributed by atoms with Crippen molar-refractivity contribution >= 4 is 5.91 Å². The number of carbonyl (C=O) groups is 1. The standard InChI is InChI=1S/C21H23N3O2/c1-15-13-16(2)24(23-15)20-9-7-19(8-10-20)21(26)22-12-11-17-3-5-18(14-25)6-4-17/h3-10,13,25H,11-12,14H2,1-2H3,(H,22,26). The second kappa shape index (κ2) is 7.97. The van der Waals surface area contributed by atoms with Crippen LogP contribution in [0.2, 0.25) is 0 Å².